The third-order valence-corrected chi connectivity index (χ3v) is 9.28. The molecule has 2 heterocycles. The highest BCUT2D eigenvalue weighted by atomic mass is 16.6. The molecular formula is C42H63N11O7. The van der Waals surface area contributed by atoms with Crippen LogP contribution in [0.2, 0.25) is 0 Å². The van der Waals surface area contributed by atoms with Gasteiger partial charge in [-0.25, -0.2) is 4.79 Å². The topological polar surface area (TPSA) is 247 Å². The van der Waals surface area contributed by atoms with Crippen LogP contribution in [0.25, 0.3) is 0 Å². The van der Waals surface area contributed by atoms with Crippen LogP contribution >= 0.6 is 0 Å². The van der Waals surface area contributed by atoms with Crippen LogP contribution in [0.3, 0.4) is 0 Å². The van der Waals surface area contributed by atoms with Crippen molar-refractivity contribution in [3.05, 3.63) is 65.0 Å². The van der Waals surface area contributed by atoms with E-state index in [1.807, 2.05) is 51.7 Å². The first kappa shape index (κ1) is 48.2. The van der Waals surface area contributed by atoms with Crippen molar-refractivity contribution in [2.45, 2.75) is 72.1 Å². The Balaban J connectivity index is 0.00000473. The standard InChI is InChI=1S/C41H58N10O7.CH5N/c1-8-51-33(20-27(2)48-51)39(54)46-26-50(37-32(44-6)23-29(38(43)53)24-35(37)56-7)16-10-9-14-45-36-31(42)21-28(25-52)22-34(36)57-19-11-15-49-17-12-30(13-18-49)47-40(55)58-41(3,4)5;1-2/h9-10,20-25,30,45H,6,8,11-19,26,42H2,1-5,7H3,(H2,43,53)(H,46,54)(H,47,55);2H2,1H3/b10-9+;. The number of nitrogens with zero attached hydrogens (tertiary/aromatic N) is 5. The molecule has 0 saturated carbocycles. The van der Waals surface area contributed by atoms with Gasteiger partial charge in [0.25, 0.3) is 5.91 Å². The third-order valence-electron chi connectivity index (χ3n) is 9.28. The van der Waals surface area contributed by atoms with Gasteiger partial charge in [0.05, 0.1) is 37.5 Å². The van der Waals surface area contributed by atoms with E-state index in [9.17, 15) is 19.2 Å². The van der Waals surface area contributed by atoms with Gasteiger partial charge in [-0.05, 0) is 98.0 Å². The number of methoxy groups -OCH3 is 1. The van der Waals surface area contributed by atoms with Gasteiger partial charge in [0.1, 0.15) is 40.5 Å². The fourth-order valence-corrected chi connectivity index (χ4v) is 6.51. The highest BCUT2D eigenvalue weighted by Crippen LogP contribution is 2.39. The number of hydrogen-bond acceptors (Lipinski definition) is 14. The van der Waals surface area contributed by atoms with Crippen molar-refractivity contribution in [3.8, 4) is 11.5 Å². The molecule has 0 spiro atoms. The van der Waals surface area contributed by atoms with Gasteiger partial charge in [0.2, 0.25) is 5.91 Å². The number of nitrogen functional groups attached to an aromatic ring is 1. The second-order valence-corrected chi connectivity index (χ2v) is 14.9. The monoisotopic (exact) mass is 833 g/mol. The second kappa shape index (κ2) is 23.5. The predicted molar refractivity (Wildman–Crippen MR) is 236 cm³/mol. The number of carbonyl (C=O) groups excluding carboxylic acids is 4. The molecule has 0 radical (unpaired) electrons. The lowest BCUT2D eigenvalue weighted by atomic mass is 10.1. The Labute approximate surface area is 352 Å². The number of alkyl carbamates (subject to hydrolysis) is 1. The minimum atomic E-state index is -0.654. The molecule has 4 rings (SSSR count). The molecule has 1 saturated heterocycles. The molecule has 1 fully saturated rings. The molecule has 328 valence electrons. The molecule has 9 N–H and O–H groups in total. The molecular weight excluding hydrogens is 771 g/mol. The molecule has 1 aliphatic heterocycles. The summed E-state index contributed by atoms with van der Waals surface area (Å²) in [6.45, 7) is 17.0. The molecule has 0 bridgehead atoms. The summed E-state index contributed by atoms with van der Waals surface area (Å²) in [4.78, 5) is 57.5. The molecule has 1 aromatic heterocycles. The number of anilines is 3. The van der Waals surface area contributed by atoms with Crippen LogP contribution in [0, 0.1) is 6.92 Å². The van der Waals surface area contributed by atoms with E-state index in [2.05, 4.69) is 43.4 Å². The molecule has 18 nitrogen and oxygen atoms in total. The van der Waals surface area contributed by atoms with Crippen molar-refractivity contribution in [2.24, 2.45) is 16.5 Å². The number of aliphatic imine (C=N–C) groups is 1. The van der Waals surface area contributed by atoms with E-state index in [0.29, 0.717) is 65.2 Å². The van der Waals surface area contributed by atoms with E-state index in [1.165, 1.54) is 26.3 Å². The predicted octanol–water partition coefficient (Wildman–Crippen LogP) is 4.24. The summed E-state index contributed by atoms with van der Waals surface area (Å²) in [5, 5.41) is 13.6. The number of ether oxygens (including phenoxy) is 3. The van der Waals surface area contributed by atoms with E-state index in [1.54, 1.807) is 22.9 Å². The Kier molecular flexibility index (Phi) is 18.9. The number of benzene rings is 2. The maximum absolute atomic E-state index is 13.3. The van der Waals surface area contributed by atoms with Crippen LogP contribution in [0.5, 0.6) is 11.5 Å². The number of piperidine rings is 1. The van der Waals surface area contributed by atoms with Crippen molar-refractivity contribution in [2.75, 3.05) is 76.1 Å². The number of aldehydes is 1. The number of primary amides is 1. The molecule has 60 heavy (non-hydrogen) atoms. The zero-order chi connectivity index (χ0) is 44.4. The normalized spacial score (nSPS) is 13.1. The maximum atomic E-state index is 13.3. The van der Waals surface area contributed by atoms with E-state index < -0.39 is 11.5 Å². The number of nitrogens with two attached hydrogens (primary N) is 3. The van der Waals surface area contributed by atoms with Gasteiger partial charge < -0.3 is 57.2 Å². The minimum Gasteiger partial charge on any atom is -0.494 e. The number of aryl methyl sites for hydroxylation is 2. The van der Waals surface area contributed by atoms with Gasteiger partial charge >= 0.3 is 6.09 Å². The first-order valence-electron chi connectivity index (χ1n) is 19.9. The molecule has 0 aliphatic carbocycles. The number of hydrogen-bond donors (Lipinski definition) is 6. The lowest BCUT2D eigenvalue weighted by Crippen LogP contribution is -2.46. The van der Waals surface area contributed by atoms with Crippen LogP contribution in [0.15, 0.2) is 47.5 Å². The van der Waals surface area contributed by atoms with Gasteiger partial charge in [0.15, 0.2) is 0 Å². The molecule has 3 aromatic rings. The largest absolute Gasteiger partial charge is 0.494 e. The third kappa shape index (κ3) is 14.3. The highest BCUT2D eigenvalue weighted by molar-refractivity contribution is 5.97. The molecule has 0 atom stereocenters. The quantitative estimate of drug-likeness (QED) is 0.0233. The van der Waals surface area contributed by atoms with Crippen LogP contribution in [-0.4, -0.2) is 117 Å². The van der Waals surface area contributed by atoms with E-state index in [4.69, 9.17) is 25.7 Å². The van der Waals surface area contributed by atoms with Gasteiger partial charge in [0, 0.05) is 56.4 Å². The fourth-order valence-electron chi connectivity index (χ4n) is 6.51. The first-order valence-corrected chi connectivity index (χ1v) is 19.9. The van der Waals surface area contributed by atoms with Gasteiger partial charge in [-0.2, -0.15) is 5.10 Å². The Bertz CT molecular complexity index is 1950. The summed E-state index contributed by atoms with van der Waals surface area (Å²) in [5.41, 5.74) is 19.4. The molecule has 2 aromatic carbocycles. The summed E-state index contributed by atoms with van der Waals surface area (Å²) < 4.78 is 18.8. The van der Waals surface area contributed by atoms with Crippen molar-refractivity contribution >= 4 is 53.7 Å². The van der Waals surface area contributed by atoms with Crippen molar-refractivity contribution < 1.29 is 33.4 Å². The second-order valence-electron chi connectivity index (χ2n) is 14.9. The Morgan fingerprint density at radius 3 is 2.42 bits per heavy atom. The van der Waals surface area contributed by atoms with Crippen molar-refractivity contribution in [1.82, 2.24) is 25.3 Å². The van der Waals surface area contributed by atoms with Crippen LogP contribution < -0.4 is 47.5 Å². The lowest BCUT2D eigenvalue weighted by molar-refractivity contribution is 0.0478. The number of aromatic nitrogens is 2. The average Bonchev–Trinajstić information content (AvgIpc) is 3.61. The number of carbonyl (C=O) groups is 4. The first-order chi connectivity index (χ1) is 28.7. The Hall–Kier alpha value is -6.14. The molecule has 3 amide bonds. The van der Waals surface area contributed by atoms with E-state index in [-0.39, 0.29) is 36.8 Å². The summed E-state index contributed by atoms with van der Waals surface area (Å²) in [6.07, 6.45) is 6.51. The highest BCUT2D eigenvalue weighted by Gasteiger charge is 2.24. The number of rotatable bonds is 20. The number of likely N-dealkylation sites (tertiary alicyclic amines) is 1. The smallest absolute Gasteiger partial charge is 0.407 e. The van der Waals surface area contributed by atoms with Crippen LogP contribution in [0.1, 0.15) is 83.9 Å². The lowest BCUT2D eigenvalue weighted by Gasteiger charge is -2.32. The zero-order valence-electron chi connectivity index (χ0n) is 36.0. The fraction of sp³-hybridized carbons (Fsp3) is 0.476. The minimum absolute atomic E-state index is 0.0401. The Morgan fingerprint density at radius 2 is 1.80 bits per heavy atom. The van der Waals surface area contributed by atoms with Crippen LogP contribution in [0.4, 0.5) is 27.5 Å². The molecule has 1 aliphatic rings. The maximum Gasteiger partial charge on any atom is 0.407 e. The van der Waals surface area contributed by atoms with E-state index >= 15 is 0 Å². The summed E-state index contributed by atoms with van der Waals surface area (Å²) in [5.74, 6) is -0.197. The average molecular weight is 834 g/mol. The molecule has 18 heteroatoms. The summed E-state index contributed by atoms with van der Waals surface area (Å²) >= 11 is 0. The van der Waals surface area contributed by atoms with E-state index in [0.717, 1.165) is 50.9 Å². The zero-order valence-corrected chi connectivity index (χ0v) is 36.0. The van der Waals surface area contributed by atoms with Crippen molar-refractivity contribution in [1.29, 1.82) is 0 Å². The number of amides is 3. The Morgan fingerprint density at radius 1 is 1.08 bits per heavy atom. The van der Waals surface area contributed by atoms with Crippen molar-refractivity contribution in [3.63, 3.8) is 0 Å². The van der Waals surface area contributed by atoms with Crippen LogP contribution in [-0.2, 0) is 11.3 Å². The molecule has 0 unspecified atom stereocenters. The number of nitrogens with one attached hydrogen (secondary N) is 3. The summed E-state index contributed by atoms with van der Waals surface area (Å²) in [6, 6.07) is 8.08. The van der Waals surface area contributed by atoms with Gasteiger partial charge in [-0.1, -0.05) is 12.2 Å². The SMILES string of the molecule is C=Nc1cc(C(N)=O)cc(OC)c1N(C/C=C/CNc1c(N)cc(C=O)cc1OCCCN1CCC(NC(=O)OC(C)(C)C)CC1)CNC(=O)c1cc(C)nn1CC.CN. The van der Waals surface area contributed by atoms with Gasteiger partial charge in [-0.15, -0.1) is 0 Å². The summed E-state index contributed by atoms with van der Waals surface area (Å²) in [7, 11) is 2.96. The van der Waals surface area contributed by atoms with Gasteiger partial charge in [-0.3, -0.25) is 24.1 Å².